The van der Waals surface area contributed by atoms with Gasteiger partial charge in [-0.3, -0.25) is 19.2 Å². The Hall–Kier alpha value is -3.29. The molecule has 0 bridgehead atoms. The molecule has 212 valence electrons. The lowest BCUT2D eigenvalue weighted by molar-refractivity contribution is -0.165. The van der Waals surface area contributed by atoms with Gasteiger partial charge in [-0.15, -0.1) is 0 Å². The van der Waals surface area contributed by atoms with Crippen LogP contribution in [-0.2, 0) is 33.9 Å². The van der Waals surface area contributed by atoms with E-state index in [1.807, 2.05) is 6.08 Å². The molecule has 5 atom stereocenters. The quantitative estimate of drug-likeness (QED) is 0.336. The van der Waals surface area contributed by atoms with Crippen LogP contribution < -0.4 is 10.6 Å². The van der Waals surface area contributed by atoms with Crippen LogP contribution in [0.1, 0.15) is 43.5 Å². The third-order valence-corrected chi connectivity index (χ3v) is 8.86. The van der Waals surface area contributed by atoms with E-state index in [9.17, 15) is 27.6 Å². The van der Waals surface area contributed by atoms with Crippen molar-refractivity contribution in [3.05, 3.63) is 48.0 Å². The van der Waals surface area contributed by atoms with E-state index in [-0.39, 0.29) is 38.3 Å². The van der Waals surface area contributed by atoms with Crippen LogP contribution in [0.15, 0.2) is 42.5 Å². The van der Waals surface area contributed by atoms with E-state index in [0.29, 0.717) is 12.0 Å². The first-order valence-electron chi connectivity index (χ1n) is 13.1. The number of rotatable bonds is 8. The number of piperazine rings is 1. The molecular formula is C26H34N4O8S. The molecule has 2 fully saturated rings. The molecule has 12 nitrogen and oxygen atoms in total. The van der Waals surface area contributed by atoms with Gasteiger partial charge in [0, 0.05) is 31.3 Å². The molecule has 0 aromatic heterocycles. The number of cyclic esters (lactones) is 1. The van der Waals surface area contributed by atoms with Gasteiger partial charge in [-0.2, -0.15) is 4.31 Å². The molecule has 3 aliphatic rings. The normalized spacial score (nSPS) is 27.7. The number of sulfonamides is 1. The summed E-state index contributed by atoms with van der Waals surface area (Å²) < 4.78 is 37.5. The number of amides is 3. The molecule has 3 amide bonds. The molecule has 0 radical (unpaired) electrons. The van der Waals surface area contributed by atoms with E-state index in [0.717, 1.165) is 0 Å². The highest BCUT2D eigenvalue weighted by Crippen LogP contribution is 2.26. The van der Waals surface area contributed by atoms with Crippen LogP contribution in [-0.4, -0.2) is 97.2 Å². The van der Waals surface area contributed by atoms with Crippen LogP contribution in [0.4, 0.5) is 0 Å². The lowest BCUT2D eigenvalue weighted by Crippen LogP contribution is -2.68. The molecule has 39 heavy (non-hydrogen) atoms. The van der Waals surface area contributed by atoms with Gasteiger partial charge in [0.25, 0.3) is 5.91 Å². The smallest absolute Gasteiger partial charge is 0.310 e. The Bertz CT molecular complexity index is 1220. The topological polar surface area (TPSA) is 151 Å². The van der Waals surface area contributed by atoms with Crippen LogP contribution in [0, 0.1) is 0 Å². The Morgan fingerprint density at radius 1 is 1.05 bits per heavy atom. The van der Waals surface area contributed by atoms with Gasteiger partial charge >= 0.3 is 5.97 Å². The summed E-state index contributed by atoms with van der Waals surface area (Å²) in [5.74, 6) is -2.25. The predicted molar refractivity (Wildman–Crippen MR) is 140 cm³/mol. The Morgan fingerprint density at radius 3 is 2.46 bits per heavy atom. The molecule has 0 aliphatic carbocycles. The molecule has 1 aromatic carbocycles. The highest BCUT2D eigenvalue weighted by atomic mass is 32.2. The largest absolute Gasteiger partial charge is 0.433 e. The van der Waals surface area contributed by atoms with Crippen LogP contribution in [0.5, 0.6) is 0 Å². The van der Waals surface area contributed by atoms with Crippen molar-refractivity contribution in [2.45, 2.75) is 63.6 Å². The molecule has 4 rings (SSSR count). The molecule has 0 spiro atoms. The fourth-order valence-electron chi connectivity index (χ4n) is 5.04. The first-order valence-corrected chi connectivity index (χ1v) is 14.7. The number of benzene rings is 1. The molecule has 13 heteroatoms. The van der Waals surface area contributed by atoms with Gasteiger partial charge in [-0.05, 0) is 38.8 Å². The van der Waals surface area contributed by atoms with E-state index in [2.05, 4.69) is 10.6 Å². The monoisotopic (exact) mass is 562 g/mol. The second kappa shape index (κ2) is 12.3. The second-order valence-corrected chi connectivity index (χ2v) is 11.9. The van der Waals surface area contributed by atoms with Crippen molar-refractivity contribution in [2.24, 2.45) is 0 Å². The first-order chi connectivity index (χ1) is 18.6. The third-order valence-electron chi connectivity index (χ3n) is 7.04. The van der Waals surface area contributed by atoms with Gasteiger partial charge in [0.1, 0.15) is 18.1 Å². The maximum absolute atomic E-state index is 13.9. The zero-order valence-corrected chi connectivity index (χ0v) is 22.8. The molecule has 2 saturated heterocycles. The fraction of sp³-hybridized carbons (Fsp3) is 0.538. The number of carbonyl (C=O) groups is 4. The van der Waals surface area contributed by atoms with Crippen molar-refractivity contribution in [1.29, 1.82) is 0 Å². The minimum absolute atomic E-state index is 0.0159. The summed E-state index contributed by atoms with van der Waals surface area (Å²) in [5, 5.41) is 5.52. The van der Waals surface area contributed by atoms with Gasteiger partial charge in [0.2, 0.25) is 28.1 Å². The fourth-order valence-corrected chi connectivity index (χ4v) is 6.17. The number of nitrogens with zero attached hydrogens (tertiary/aromatic N) is 2. The number of fused-ring (bicyclic) bond motifs is 1. The van der Waals surface area contributed by atoms with E-state index in [4.69, 9.17) is 9.47 Å². The lowest BCUT2D eigenvalue weighted by Gasteiger charge is -2.47. The zero-order chi connectivity index (χ0) is 28.2. The summed E-state index contributed by atoms with van der Waals surface area (Å²) in [7, 11) is -3.68. The van der Waals surface area contributed by atoms with Gasteiger partial charge in [0.15, 0.2) is 0 Å². The van der Waals surface area contributed by atoms with Crippen LogP contribution in [0.3, 0.4) is 0 Å². The van der Waals surface area contributed by atoms with Gasteiger partial charge in [0.05, 0.1) is 12.2 Å². The maximum Gasteiger partial charge on any atom is 0.310 e. The molecule has 0 saturated carbocycles. The average molecular weight is 563 g/mol. The lowest BCUT2D eigenvalue weighted by atomic mass is 9.97. The number of esters is 1. The summed E-state index contributed by atoms with van der Waals surface area (Å²) in [6.45, 7) is 3.25. The van der Waals surface area contributed by atoms with Crippen molar-refractivity contribution in [1.82, 2.24) is 19.8 Å². The van der Waals surface area contributed by atoms with Gasteiger partial charge in [-0.1, -0.05) is 30.4 Å². The SMILES string of the molecule is CCOC1OC(=O)CC1NC(=O)[C@@H]1CN(S(=O)(=O)CC)C[C@@H]2CC=CC[C@H](NC(=O)c3ccccc3)C(=O)N21. The number of nitrogens with one attached hydrogen (secondary N) is 2. The molecule has 2 unspecified atom stereocenters. The summed E-state index contributed by atoms with van der Waals surface area (Å²) >= 11 is 0. The van der Waals surface area contributed by atoms with E-state index in [1.165, 1.54) is 16.1 Å². The number of hydrogen-bond donors (Lipinski definition) is 2. The van der Waals surface area contributed by atoms with Gasteiger partial charge < -0.3 is 25.0 Å². The first kappa shape index (κ1) is 28.7. The second-order valence-electron chi connectivity index (χ2n) is 9.60. The van der Waals surface area contributed by atoms with E-state index < -0.39 is 64.2 Å². The zero-order valence-electron chi connectivity index (χ0n) is 21.9. The Balaban J connectivity index is 1.63. The molecular weight excluding hydrogens is 528 g/mol. The van der Waals surface area contributed by atoms with Crippen LogP contribution in [0.2, 0.25) is 0 Å². The summed E-state index contributed by atoms with van der Waals surface area (Å²) in [6.07, 6.45) is 3.06. The molecule has 2 N–H and O–H groups in total. The van der Waals surface area contributed by atoms with Gasteiger partial charge in [-0.25, -0.2) is 8.42 Å². The van der Waals surface area contributed by atoms with E-state index in [1.54, 1.807) is 43.3 Å². The highest BCUT2D eigenvalue weighted by molar-refractivity contribution is 7.89. The Kier molecular flexibility index (Phi) is 9.03. The highest BCUT2D eigenvalue weighted by Gasteiger charge is 2.47. The number of hydrogen-bond acceptors (Lipinski definition) is 8. The van der Waals surface area contributed by atoms with Crippen molar-refractivity contribution in [3.8, 4) is 0 Å². The summed E-state index contributed by atoms with van der Waals surface area (Å²) in [4.78, 5) is 53.8. The van der Waals surface area contributed by atoms with Crippen molar-refractivity contribution >= 4 is 33.7 Å². The Labute approximate surface area is 227 Å². The average Bonchev–Trinajstić information content (AvgIpc) is 3.27. The van der Waals surface area contributed by atoms with Crippen LogP contribution in [0.25, 0.3) is 0 Å². The molecule has 3 aliphatic heterocycles. The maximum atomic E-state index is 13.9. The summed E-state index contributed by atoms with van der Waals surface area (Å²) in [5.41, 5.74) is 0.383. The van der Waals surface area contributed by atoms with Crippen molar-refractivity contribution in [3.63, 3.8) is 0 Å². The van der Waals surface area contributed by atoms with E-state index >= 15 is 0 Å². The minimum atomic E-state index is -3.68. The predicted octanol–water partition coefficient (Wildman–Crippen LogP) is 0.160. The summed E-state index contributed by atoms with van der Waals surface area (Å²) in [6, 6.07) is 4.87. The van der Waals surface area contributed by atoms with Crippen molar-refractivity contribution in [2.75, 3.05) is 25.4 Å². The third kappa shape index (κ3) is 6.48. The number of ether oxygens (including phenoxy) is 2. The minimum Gasteiger partial charge on any atom is -0.433 e. The molecule has 3 heterocycles. The standard InChI is InChI=1S/C26H34N4O8S/c1-3-37-26-20(14-22(31)38-26)28-24(33)21-16-29(39(35,36)4-2)15-18-12-8-9-13-19(25(34)30(18)21)27-23(32)17-10-6-5-7-11-17/h5-11,18-21,26H,3-4,12-16H2,1-2H3,(H,27,32)(H,28,33)/t18-,19-,20?,21-,26?/m0/s1. The van der Waals surface area contributed by atoms with Crippen molar-refractivity contribution < 1.29 is 37.1 Å². The number of carbonyl (C=O) groups excluding carboxylic acids is 4. The van der Waals surface area contributed by atoms with Crippen LogP contribution >= 0.6 is 0 Å². The molecule has 1 aromatic rings. The Morgan fingerprint density at radius 2 is 1.77 bits per heavy atom.